The molecule has 0 spiro atoms. The number of hydrogen-bond donors (Lipinski definition) is 6. The summed E-state index contributed by atoms with van der Waals surface area (Å²) in [6, 6.07) is 27.2. The summed E-state index contributed by atoms with van der Waals surface area (Å²) in [4.78, 5) is 66.0. The SMILES string of the molecule is Cl.Nc1nc(C(=NOC(c2ccccc2)(c2ccccc2)c2ccccc2)C(=O)N[C@@H]2C(=O)N3C(C(=O)O)=C(C(=C4CCNC4=O)C4CNNC4)CS[C@H]23)ns1. The van der Waals surface area contributed by atoms with E-state index < -0.39 is 34.8 Å². The molecule has 56 heavy (non-hydrogen) atoms. The van der Waals surface area contributed by atoms with E-state index in [9.17, 15) is 24.3 Å². The molecule has 5 heterocycles. The van der Waals surface area contributed by atoms with Gasteiger partial charge in [-0.1, -0.05) is 96.2 Å². The lowest BCUT2D eigenvalue weighted by atomic mass is 9.80. The quantitative estimate of drug-likeness (QED) is 0.0424. The maximum Gasteiger partial charge on any atom is 0.352 e. The van der Waals surface area contributed by atoms with Crippen molar-refractivity contribution in [3.05, 3.63) is 136 Å². The topological polar surface area (TPSA) is 213 Å². The van der Waals surface area contributed by atoms with E-state index in [2.05, 4.69) is 36.0 Å². The third-order valence-corrected chi connectivity index (χ3v) is 11.8. The summed E-state index contributed by atoms with van der Waals surface area (Å²) >= 11 is 2.17. The summed E-state index contributed by atoms with van der Waals surface area (Å²) in [6.07, 6.45) is 0.446. The number of β-lactam (4-membered cyclic amide) rings is 1. The van der Waals surface area contributed by atoms with Crippen LogP contribution in [0.2, 0.25) is 0 Å². The zero-order valence-corrected chi connectivity index (χ0v) is 32.0. The van der Waals surface area contributed by atoms with Gasteiger partial charge in [0.05, 0.1) is 0 Å². The van der Waals surface area contributed by atoms with Crippen molar-refractivity contribution in [2.45, 2.75) is 23.4 Å². The van der Waals surface area contributed by atoms with E-state index in [0.29, 0.717) is 42.8 Å². The van der Waals surface area contributed by atoms with E-state index in [1.54, 1.807) is 0 Å². The number of thioether (sulfide) groups is 1. The first kappa shape index (κ1) is 38.7. The zero-order valence-electron chi connectivity index (χ0n) is 29.5. The predicted octanol–water partition coefficient (Wildman–Crippen LogP) is 2.53. The Hall–Kier alpha value is -5.59. The second-order valence-corrected chi connectivity index (χ2v) is 15.0. The van der Waals surface area contributed by atoms with Crippen LogP contribution in [0, 0.1) is 5.92 Å². The number of amides is 3. The number of carboxylic acids is 1. The van der Waals surface area contributed by atoms with Crippen LogP contribution in [0.1, 0.15) is 28.9 Å². The fourth-order valence-electron chi connectivity index (χ4n) is 7.46. The van der Waals surface area contributed by atoms with Crippen molar-refractivity contribution in [1.82, 2.24) is 35.7 Å². The number of benzene rings is 3. The Morgan fingerprint density at radius 2 is 1.54 bits per heavy atom. The van der Waals surface area contributed by atoms with Gasteiger partial charge in [0.25, 0.3) is 11.8 Å². The van der Waals surface area contributed by atoms with E-state index in [-0.39, 0.29) is 52.3 Å². The van der Waals surface area contributed by atoms with Crippen LogP contribution in [-0.4, -0.2) is 85.6 Å². The Labute approximate surface area is 335 Å². The van der Waals surface area contributed by atoms with Crippen LogP contribution < -0.4 is 27.2 Å². The Kier molecular flexibility index (Phi) is 11.2. The molecule has 0 saturated carbocycles. The fourth-order valence-corrected chi connectivity index (χ4v) is 9.26. The maximum atomic E-state index is 14.3. The Bertz CT molecular complexity index is 2150. The lowest BCUT2D eigenvalue weighted by Gasteiger charge is -2.50. The summed E-state index contributed by atoms with van der Waals surface area (Å²) in [5, 5.41) is 19.9. The van der Waals surface area contributed by atoms with Gasteiger partial charge < -0.3 is 26.3 Å². The number of rotatable bonds is 11. The minimum Gasteiger partial charge on any atom is -0.477 e. The monoisotopic (exact) mass is 813 g/mol. The first-order chi connectivity index (χ1) is 26.8. The Morgan fingerprint density at radius 3 is 2.04 bits per heavy atom. The average molecular weight is 814 g/mol. The van der Waals surface area contributed by atoms with Crippen LogP contribution in [0.25, 0.3) is 0 Å². The van der Waals surface area contributed by atoms with Gasteiger partial charge in [0.15, 0.2) is 5.13 Å². The van der Waals surface area contributed by atoms with Crippen molar-refractivity contribution >= 4 is 70.2 Å². The molecule has 18 heteroatoms. The lowest BCUT2D eigenvalue weighted by Crippen LogP contribution is -2.71. The third-order valence-electron chi connectivity index (χ3n) is 9.96. The highest BCUT2D eigenvalue weighted by molar-refractivity contribution is 8.00. The molecule has 0 unspecified atom stereocenters. The second-order valence-electron chi connectivity index (χ2n) is 13.1. The highest BCUT2D eigenvalue weighted by atomic mass is 35.5. The molecule has 15 nitrogen and oxygen atoms in total. The van der Waals surface area contributed by atoms with Crippen molar-refractivity contribution in [3.8, 4) is 0 Å². The molecular formula is C38H36ClN9O6S2. The number of hydrogen-bond acceptors (Lipinski definition) is 13. The number of halogens is 1. The highest BCUT2D eigenvalue weighted by Gasteiger charge is 2.55. The van der Waals surface area contributed by atoms with Crippen LogP contribution >= 0.6 is 35.7 Å². The molecule has 0 aliphatic carbocycles. The second kappa shape index (κ2) is 16.3. The van der Waals surface area contributed by atoms with E-state index in [0.717, 1.165) is 28.2 Å². The molecule has 4 aliphatic heterocycles. The Balaban J connectivity index is 0.00000480. The number of carboxylic acid groups (broad SMARTS) is 1. The highest BCUT2D eigenvalue weighted by Crippen LogP contribution is 2.45. The number of nitrogens with two attached hydrogens (primary N) is 1. The number of carbonyl (C=O) groups excluding carboxylic acids is 3. The van der Waals surface area contributed by atoms with Gasteiger partial charge in [-0.15, -0.1) is 24.2 Å². The number of nitrogens with zero attached hydrogens (tertiary/aromatic N) is 4. The number of nitrogens with one attached hydrogen (secondary N) is 4. The van der Waals surface area contributed by atoms with Crippen LogP contribution in [0.5, 0.6) is 0 Å². The van der Waals surface area contributed by atoms with Crippen molar-refractivity contribution in [2.24, 2.45) is 11.1 Å². The molecule has 4 aromatic rings. The van der Waals surface area contributed by atoms with Gasteiger partial charge >= 0.3 is 5.97 Å². The van der Waals surface area contributed by atoms with Gasteiger partial charge in [-0.05, 0) is 17.6 Å². The number of carbonyl (C=O) groups is 4. The predicted molar refractivity (Wildman–Crippen MR) is 212 cm³/mol. The standard InChI is InChI=1S/C38H35N9O6S2.ClH/c39-37-44-31(46-55-37)28(45-53-38(22-10-4-1-5-11-22,23-12-6-2-7-13-23)24-14-8-3-9-15-24)33(49)43-29-34(50)47-30(36(51)52)26(20-54-35(29)47)27(21-18-41-42-19-21)25-16-17-40-32(25)48;/h1-15,21,29,35,41-42H,16-20H2,(H,40,48)(H,43,49)(H,51,52)(H2,39,44,46);1H/t29-,35-;/m1./s1. The van der Waals surface area contributed by atoms with Crippen molar-refractivity contribution < 1.29 is 29.1 Å². The van der Waals surface area contributed by atoms with Gasteiger partial charge in [0.2, 0.25) is 23.0 Å². The summed E-state index contributed by atoms with van der Waals surface area (Å²) in [6.45, 7) is 1.43. The Morgan fingerprint density at radius 1 is 0.946 bits per heavy atom. The molecule has 0 bridgehead atoms. The molecule has 2 atom stereocenters. The largest absolute Gasteiger partial charge is 0.477 e. The molecular weight excluding hydrogens is 778 g/mol. The molecule has 7 N–H and O–H groups in total. The van der Waals surface area contributed by atoms with Crippen LogP contribution in [0.3, 0.4) is 0 Å². The van der Waals surface area contributed by atoms with E-state index in [1.807, 2.05) is 91.0 Å². The van der Waals surface area contributed by atoms with E-state index in [1.165, 1.54) is 16.7 Å². The fraction of sp³-hybridized carbons (Fsp3) is 0.237. The lowest BCUT2D eigenvalue weighted by molar-refractivity contribution is -0.150. The minimum atomic E-state index is -1.34. The zero-order chi connectivity index (χ0) is 38.1. The summed E-state index contributed by atoms with van der Waals surface area (Å²) in [5.74, 6) is -3.08. The number of oxime groups is 1. The van der Waals surface area contributed by atoms with Gasteiger partial charge in [-0.2, -0.15) is 9.36 Å². The molecule has 4 aliphatic rings. The minimum absolute atomic E-state index is 0. The van der Waals surface area contributed by atoms with Crippen molar-refractivity contribution in [1.29, 1.82) is 0 Å². The number of aliphatic carboxylic acids is 1. The van der Waals surface area contributed by atoms with Crippen LogP contribution in [-0.2, 0) is 29.6 Å². The van der Waals surface area contributed by atoms with Gasteiger partial charge in [0, 0.05) is 65.1 Å². The van der Waals surface area contributed by atoms with Gasteiger partial charge in [0.1, 0.15) is 17.1 Å². The number of hydrazine groups is 1. The number of aromatic nitrogens is 2. The van der Waals surface area contributed by atoms with Crippen LogP contribution in [0.15, 0.2) is 119 Å². The normalized spacial score (nSPS) is 20.8. The van der Waals surface area contributed by atoms with Crippen molar-refractivity contribution in [2.75, 3.05) is 31.1 Å². The van der Waals surface area contributed by atoms with Crippen LogP contribution in [0.4, 0.5) is 5.13 Å². The molecule has 3 aromatic carbocycles. The molecule has 1 aromatic heterocycles. The smallest absolute Gasteiger partial charge is 0.352 e. The molecule has 288 valence electrons. The molecule has 8 rings (SSSR count). The molecule has 3 fully saturated rings. The van der Waals surface area contributed by atoms with Crippen molar-refractivity contribution in [3.63, 3.8) is 0 Å². The number of anilines is 1. The first-order valence-electron chi connectivity index (χ1n) is 17.5. The molecule has 0 radical (unpaired) electrons. The molecule has 3 amide bonds. The van der Waals surface area contributed by atoms with E-state index in [4.69, 9.17) is 10.6 Å². The summed E-state index contributed by atoms with van der Waals surface area (Å²) in [5.41, 5.74) is 14.0. The first-order valence-corrected chi connectivity index (χ1v) is 19.3. The molecule has 3 saturated heterocycles. The summed E-state index contributed by atoms with van der Waals surface area (Å²) < 4.78 is 4.25. The summed E-state index contributed by atoms with van der Waals surface area (Å²) in [7, 11) is 0. The average Bonchev–Trinajstić information content (AvgIpc) is 4.00. The maximum absolute atomic E-state index is 14.3. The third kappa shape index (κ3) is 6.92. The van der Waals surface area contributed by atoms with E-state index >= 15 is 0 Å². The number of nitrogen functional groups attached to an aromatic ring is 1. The van der Waals surface area contributed by atoms with Gasteiger partial charge in [-0.25, -0.2) is 4.79 Å². The number of fused-ring (bicyclic) bond motifs is 1. The van der Waals surface area contributed by atoms with Gasteiger partial charge in [-0.3, -0.25) is 30.1 Å².